The van der Waals surface area contributed by atoms with E-state index in [0.29, 0.717) is 65.2 Å². The van der Waals surface area contributed by atoms with Gasteiger partial charge in [0.2, 0.25) is 0 Å². The van der Waals surface area contributed by atoms with Gasteiger partial charge in [-0.1, -0.05) is 24.3 Å². The van der Waals surface area contributed by atoms with E-state index in [4.69, 9.17) is 0 Å². The van der Waals surface area contributed by atoms with Crippen molar-refractivity contribution in [3.8, 4) is 0 Å². The maximum atomic E-state index is 10.1. The molecule has 0 rings (SSSR count). The number of hydrogen-bond acceptors (Lipinski definition) is 10. The van der Waals surface area contributed by atoms with Gasteiger partial charge in [0, 0.05) is 64.3 Å². The van der Waals surface area contributed by atoms with Gasteiger partial charge in [0.25, 0.3) is 0 Å². The largest absolute Gasteiger partial charge is 2.00 e. The third-order valence-electron chi connectivity index (χ3n) is 4.02. The fraction of sp³-hybridized carbons (Fsp3) is 0.727. The fourth-order valence-electron chi connectivity index (χ4n) is 2.27. The molecule has 0 aromatic carbocycles. The molecule has 0 aromatic rings. The van der Waals surface area contributed by atoms with E-state index in [1.165, 1.54) is 0 Å². The number of carboxylic acid groups (broad SMARTS) is 2. The van der Waals surface area contributed by atoms with Gasteiger partial charge in [-0.3, -0.25) is 0 Å². The Kier molecular flexibility index (Phi) is 33.0. The predicted octanol–water partition coefficient (Wildman–Crippen LogP) is -3.12. The number of carbonyl (C=O) groups excluding carboxylic acids is 2. The van der Waals surface area contributed by atoms with E-state index in [2.05, 4.69) is 21.3 Å². The summed E-state index contributed by atoms with van der Waals surface area (Å²) < 4.78 is 0. The topological polar surface area (TPSA) is 169 Å². The molecule has 6 N–H and O–H groups in total. The van der Waals surface area contributed by atoms with E-state index in [1.54, 1.807) is 0 Å². The van der Waals surface area contributed by atoms with Crippen molar-refractivity contribution in [2.75, 3.05) is 52.4 Å². The summed E-state index contributed by atoms with van der Waals surface area (Å²) in [5.74, 6) is -2.08. The van der Waals surface area contributed by atoms with Crippen molar-refractivity contribution in [2.24, 2.45) is 0 Å². The van der Waals surface area contributed by atoms with Crippen molar-refractivity contribution >= 4 is 49.7 Å². The Morgan fingerprint density at radius 2 is 1.03 bits per heavy atom. The Morgan fingerprint density at radius 1 is 0.697 bits per heavy atom. The maximum absolute atomic E-state index is 10.1. The summed E-state index contributed by atoms with van der Waals surface area (Å²) in [5.41, 5.74) is 0. The Morgan fingerprint density at radius 3 is 1.33 bits per heavy atom. The summed E-state index contributed by atoms with van der Waals surface area (Å²) in [6, 6.07) is 0. The molecule has 33 heavy (non-hydrogen) atoms. The van der Waals surface area contributed by atoms with E-state index < -0.39 is 11.9 Å². The fourth-order valence-corrected chi connectivity index (χ4v) is 2.27. The maximum Gasteiger partial charge on any atom is 2.00 e. The molecule has 0 spiro atoms. The van der Waals surface area contributed by atoms with Gasteiger partial charge in [-0.25, -0.2) is 0 Å². The van der Waals surface area contributed by atoms with Crippen LogP contribution in [0.4, 0.5) is 0 Å². The van der Waals surface area contributed by atoms with Crippen molar-refractivity contribution in [3.05, 3.63) is 24.3 Å². The molecule has 0 heterocycles. The van der Waals surface area contributed by atoms with Gasteiger partial charge in [0.05, 0.1) is 12.2 Å². The van der Waals surface area contributed by atoms with Gasteiger partial charge in [0.15, 0.2) is 0 Å². The van der Waals surface area contributed by atoms with Crippen molar-refractivity contribution < 1.29 is 30.0 Å². The van der Waals surface area contributed by atoms with E-state index in [9.17, 15) is 30.0 Å². The van der Waals surface area contributed by atoms with Gasteiger partial charge in [0.1, 0.15) is 0 Å². The van der Waals surface area contributed by atoms with Crippen LogP contribution in [0, 0.1) is 0 Å². The third kappa shape index (κ3) is 36.2. The summed E-state index contributed by atoms with van der Waals surface area (Å²) in [5, 5.41) is 51.1. The quantitative estimate of drug-likeness (QED) is 0.0574. The van der Waals surface area contributed by atoms with Gasteiger partial charge in [-0.05, 0) is 39.5 Å². The van der Waals surface area contributed by atoms with Crippen LogP contribution in [-0.2, 0) is 9.59 Å². The smallest absolute Gasteiger partial charge is 0.550 e. The Bertz CT molecular complexity index is 465. The Hall–Kier alpha value is -0.560. The molecule has 188 valence electrons. The molecule has 0 radical (unpaired) electrons. The molecule has 10 nitrogen and oxygen atoms in total. The summed E-state index contributed by atoms with van der Waals surface area (Å²) in [4.78, 5) is 20.1. The van der Waals surface area contributed by atoms with Crippen LogP contribution in [-0.4, -0.2) is 124 Å². The Labute approximate surface area is 228 Å². The molecule has 2 unspecified atom stereocenters. The number of carboxylic acids is 2. The average Bonchev–Trinajstić information content (AvgIpc) is 2.74. The minimum absolute atomic E-state index is 0. The molecular formula is C22H42CaN4O6. The number of rotatable bonds is 20. The van der Waals surface area contributed by atoms with Crippen LogP contribution in [0.3, 0.4) is 0 Å². The molecule has 0 aromatic heterocycles. The molecule has 0 aliphatic heterocycles. The van der Waals surface area contributed by atoms with Crippen LogP contribution >= 0.6 is 0 Å². The monoisotopic (exact) mass is 498 g/mol. The van der Waals surface area contributed by atoms with Crippen molar-refractivity contribution in [1.82, 2.24) is 21.3 Å². The second kappa shape index (κ2) is 29.5. The SMILES string of the molecule is C/C=C/CC(O)CNCCNCCC(=O)[O-].C/C=C/CC(O)CNCCNCCC(=O)[O-].[Ca+2]. The minimum Gasteiger partial charge on any atom is -0.550 e. The second-order valence-electron chi connectivity index (χ2n) is 7.07. The van der Waals surface area contributed by atoms with Crippen LogP contribution in [0.1, 0.15) is 39.5 Å². The van der Waals surface area contributed by atoms with E-state index >= 15 is 0 Å². The van der Waals surface area contributed by atoms with Crippen LogP contribution in [0.5, 0.6) is 0 Å². The standard InChI is InChI=1S/2C11H22N2O3.Ca/c2*1-2-3-4-10(14)9-13-8-7-12-6-5-11(15)16;/h2*2-3,10,12-14H,4-9H2,1H3,(H,15,16);/q;;+2/p-2/b2*3-2+;. The van der Waals surface area contributed by atoms with Gasteiger partial charge >= 0.3 is 37.7 Å². The van der Waals surface area contributed by atoms with Crippen molar-refractivity contribution in [3.63, 3.8) is 0 Å². The summed E-state index contributed by atoms with van der Waals surface area (Å²) in [6.07, 6.45) is 8.31. The third-order valence-corrected chi connectivity index (χ3v) is 4.02. The first kappa shape index (κ1) is 37.0. The van der Waals surface area contributed by atoms with Crippen LogP contribution in [0.15, 0.2) is 24.3 Å². The molecule has 0 saturated carbocycles. The molecule has 0 bridgehead atoms. The van der Waals surface area contributed by atoms with Gasteiger partial charge in [-0.2, -0.15) is 0 Å². The van der Waals surface area contributed by atoms with Gasteiger partial charge < -0.3 is 51.3 Å². The number of aliphatic hydroxyl groups is 2. The first-order valence-electron chi connectivity index (χ1n) is 11.1. The first-order valence-corrected chi connectivity index (χ1v) is 11.1. The normalized spacial score (nSPS) is 12.7. The van der Waals surface area contributed by atoms with Crippen molar-refractivity contribution in [2.45, 2.75) is 51.7 Å². The van der Waals surface area contributed by atoms with Crippen molar-refractivity contribution in [1.29, 1.82) is 0 Å². The zero-order valence-corrected chi connectivity index (χ0v) is 22.4. The van der Waals surface area contributed by atoms with Gasteiger partial charge in [-0.15, -0.1) is 0 Å². The van der Waals surface area contributed by atoms with Crippen LogP contribution in [0.25, 0.3) is 0 Å². The van der Waals surface area contributed by atoms with Crippen LogP contribution < -0.4 is 31.5 Å². The summed E-state index contributed by atoms with van der Waals surface area (Å²) in [6.45, 7) is 8.56. The van der Waals surface area contributed by atoms with E-state index in [-0.39, 0.29) is 62.8 Å². The van der Waals surface area contributed by atoms with Crippen LogP contribution in [0.2, 0.25) is 0 Å². The predicted molar refractivity (Wildman–Crippen MR) is 127 cm³/mol. The molecule has 0 aliphatic rings. The second-order valence-corrected chi connectivity index (χ2v) is 7.07. The summed E-state index contributed by atoms with van der Waals surface area (Å²) in [7, 11) is 0. The Balaban J connectivity index is -0.000000529. The zero-order valence-electron chi connectivity index (χ0n) is 20.2. The molecule has 0 saturated heterocycles. The van der Waals surface area contributed by atoms with E-state index in [0.717, 1.165) is 0 Å². The molecular weight excluding hydrogens is 456 g/mol. The number of allylic oxidation sites excluding steroid dienone is 2. The number of aliphatic carboxylic acids is 2. The first-order chi connectivity index (χ1) is 15.3. The number of aliphatic hydroxyl groups excluding tert-OH is 2. The molecule has 0 amide bonds. The summed E-state index contributed by atoms with van der Waals surface area (Å²) >= 11 is 0. The number of carbonyl (C=O) groups is 2. The molecule has 11 heteroatoms. The zero-order chi connectivity index (χ0) is 24.5. The minimum atomic E-state index is -1.04. The van der Waals surface area contributed by atoms with E-state index in [1.807, 2.05) is 38.2 Å². The molecule has 0 aliphatic carbocycles. The molecule has 2 atom stereocenters. The molecule has 0 fully saturated rings. The average molecular weight is 499 g/mol. The number of hydrogen-bond donors (Lipinski definition) is 6. The number of nitrogens with one attached hydrogen (secondary N) is 4.